The number of nitrogens with two attached hydrogens (primary N) is 1. The average molecular weight is 252 g/mol. The second-order valence-corrected chi connectivity index (χ2v) is 4.62. The van der Waals surface area contributed by atoms with Crippen molar-refractivity contribution >= 4 is 16.5 Å². The molecule has 0 saturated carbocycles. The van der Waals surface area contributed by atoms with Crippen LogP contribution in [0.25, 0.3) is 0 Å². The molecule has 0 unspecified atom stereocenters. The summed E-state index contributed by atoms with van der Waals surface area (Å²) in [4.78, 5) is 20.8. The minimum Gasteiger partial charge on any atom is -0.468 e. The maximum Gasteiger partial charge on any atom is 0.299 e. The van der Waals surface area contributed by atoms with Gasteiger partial charge in [-0.3, -0.25) is 9.36 Å². The van der Waals surface area contributed by atoms with E-state index in [1.807, 2.05) is 0 Å². The Labute approximate surface area is 102 Å². The summed E-state index contributed by atoms with van der Waals surface area (Å²) in [6, 6.07) is 1.76. The molecule has 0 aliphatic rings. The van der Waals surface area contributed by atoms with Crippen molar-refractivity contribution in [1.82, 2.24) is 14.5 Å². The molecule has 0 saturated heterocycles. The van der Waals surface area contributed by atoms with Crippen LogP contribution < -0.4 is 16.0 Å². The van der Waals surface area contributed by atoms with E-state index in [9.17, 15) is 4.79 Å². The first-order chi connectivity index (χ1) is 8.10. The van der Waals surface area contributed by atoms with Crippen molar-refractivity contribution in [3.8, 4) is 6.01 Å². The lowest BCUT2D eigenvalue weighted by molar-refractivity contribution is 0.350. The standard InChI is InChI=1S/C10H12N4O2S/c1-6-3-8(15)14(10(13-6)16-2)5-7-4-12-9(11)17-7/h3-4H,5H2,1-2H3,(H2,11,12). The third-order valence-electron chi connectivity index (χ3n) is 2.17. The van der Waals surface area contributed by atoms with Crippen LogP contribution in [-0.4, -0.2) is 21.6 Å². The van der Waals surface area contributed by atoms with E-state index in [0.717, 1.165) is 4.88 Å². The number of ether oxygens (including phenoxy) is 1. The molecule has 0 amide bonds. The molecule has 0 aliphatic heterocycles. The molecule has 2 heterocycles. The summed E-state index contributed by atoms with van der Waals surface area (Å²) in [6.45, 7) is 2.11. The lowest BCUT2D eigenvalue weighted by atomic mass is 10.4. The number of aryl methyl sites for hydroxylation is 1. The molecule has 2 rings (SSSR count). The van der Waals surface area contributed by atoms with Gasteiger partial charge in [0.1, 0.15) is 0 Å². The highest BCUT2D eigenvalue weighted by Crippen LogP contribution is 2.16. The Morgan fingerprint density at radius 2 is 2.35 bits per heavy atom. The highest BCUT2D eigenvalue weighted by Gasteiger charge is 2.09. The molecule has 90 valence electrons. The van der Waals surface area contributed by atoms with Crippen LogP contribution in [0.5, 0.6) is 6.01 Å². The fraction of sp³-hybridized carbons (Fsp3) is 0.300. The van der Waals surface area contributed by atoms with Crippen LogP contribution >= 0.6 is 11.3 Å². The molecular weight excluding hydrogens is 240 g/mol. The number of hydrogen-bond donors (Lipinski definition) is 1. The van der Waals surface area contributed by atoms with Crippen LogP contribution in [0.1, 0.15) is 10.6 Å². The fourth-order valence-corrected chi connectivity index (χ4v) is 2.12. The Morgan fingerprint density at radius 3 is 2.94 bits per heavy atom. The monoisotopic (exact) mass is 252 g/mol. The number of rotatable bonds is 3. The topological polar surface area (TPSA) is 83.0 Å². The van der Waals surface area contributed by atoms with E-state index in [1.54, 1.807) is 13.1 Å². The van der Waals surface area contributed by atoms with Crippen LogP contribution in [0.15, 0.2) is 17.1 Å². The SMILES string of the molecule is COc1nc(C)cc(=O)n1Cc1cnc(N)s1. The predicted octanol–water partition coefficient (Wildman–Crippen LogP) is 0.647. The lowest BCUT2D eigenvalue weighted by Gasteiger charge is -2.09. The van der Waals surface area contributed by atoms with Gasteiger partial charge in [0.2, 0.25) is 0 Å². The van der Waals surface area contributed by atoms with Crippen LogP contribution in [0, 0.1) is 6.92 Å². The molecule has 0 aliphatic carbocycles. The number of aromatic nitrogens is 3. The summed E-state index contributed by atoms with van der Waals surface area (Å²) in [5.74, 6) is 0. The summed E-state index contributed by atoms with van der Waals surface area (Å²) < 4.78 is 6.54. The Morgan fingerprint density at radius 1 is 1.59 bits per heavy atom. The summed E-state index contributed by atoms with van der Waals surface area (Å²) in [5.41, 5.74) is 6.02. The third-order valence-corrected chi connectivity index (χ3v) is 2.98. The molecule has 7 heteroatoms. The van der Waals surface area contributed by atoms with Crippen LogP contribution in [0.3, 0.4) is 0 Å². The van der Waals surface area contributed by atoms with Crippen molar-refractivity contribution in [2.45, 2.75) is 13.5 Å². The van der Waals surface area contributed by atoms with E-state index in [0.29, 0.717) is 23.4 Å². The fourth-order valence-electron chi connectivity index (χ4n) is 1.45. The van der Waals surface area contributed by atoms with E-state index in [-0.39, 0.29) is 5.56 Å². The zero-order valence-corrected chi connectivity index (χ0v) is 10.3. The molecule has 0 fully saturated rings. The summed E-state index contributed by atoms with van der Waals surface area (Å²) in [5, 5.41) is 0.479. The largest absolute Gasteiger partial charge is 0.468 e. The van der Waals surface area contributed by atoms with Crippen LogP contribution in [0.4, 0.5) is 5.13 Å². The number of nitrogens with zero attached hydrogens (tertiary/aromatic N) is 3. The van der Waals surface area contributed by atoms with E-state index < -0.39 is 0 Å². The molecular formula is C10H12N4O2S. The highest BCUT2D eigenvalue weighted by molar-refractivity contribution is 7.15. The van der Waals surface area contributed by atoms with Gasteiger partial charge in [-0.15, -0.1) is 11.3 Å². The number of methoxy groups -OCH3 is 1. The minimum atomic E-state index is -0.152. The van der Waals surface area contributed by atoms with Crippen molar-refractivity contribution in [3.05, 3.63) is 33.2 Å². The van der Waals surface area contributed by atoms with Gasteiger partial charge in [0.25, 0.3) is 11.6 Å². The second-order valence-electron chi connectivity index (χ2n) is 3.47. The Hall–Kier alpha value is -1.89. The summed E-state index contributed by atoms with van der Waals surface area (Å²) in [7, 11) is 1.48. The molecule has 0 bridgehead atoms. The zero-order chi connectivity index (χ0) is 12.4. The van der Waals surface area contributed by atoms with Crippen molar-refractivity contribution in [1.29, 1.82) is 0 Å². The van der Waals surface area contributed by atoms with Gasteiger partial charge >= 0.3 is 0 Å². The molecule has 2 N–H and O–H groups in total. The van der Waals surface area contributed by atoms with Gasteiger partial charge in [-0.2, -0.15) is 0 Å². The highest BCUT2D eigenvalue weighted by atomic mass is 32.1. The van der Waals surface area contributed by atoms with E-state index >= 15 is 0 Å². The van der Waals surface area contributed by atoms with E-state index in [1.165, 1.54) is 29.1 Å². The first kappa shape index (κ1) is 11.6. The van der Waals surface area contributed by atoms with Crippen LogP contribution in [-0.2, 0) is 6.54 Å². The van der Waals surface area contributed by atoms with Crippen LogP contribution in [0.2, 0.25) is 0 Å². The number of thiazole rings is 1. The van der Waals surface area contributed by atoms with Crippen molar-refractivity contribution in [2.24, 2.45) is 0 Å². The Kier molecular flexibility index (Phi) is 3.10. The van der Waals surface area contributed by atoms with Gasteiger partial charge in [-0.25, -0.2) is 9.97 Å². The van der Waals surface area contributed by atoms with Gasteiger partial charge in [-0.1, -0.05) is 0 Å². The van der Waals surface area contributed by atoms with Crippen molar-refractivity contribution < 1.29 is 4.74 Å². The van der Waals surface area contributed by atoms with Gasteiger partial charge < -0.3 is 10.5 Å². The lowest BCUT2D eigenvalue weighted by Crippen LogP contribution is -2.22. The molecule has 0 aromatic carbocycles. The number of hydrogen-bond acceptors (Lipinski definition) is 6. The average Bonchev–Trinajstić information content (AvgIpc) is 2.67. The molecule has 17 heavy (non-hydrogen) atoms. The molecule has 6 nitrogen and oxygen atoms in total. The van der Waals surface area contributed by atoms with Gasteiger partial charge in [0, 0.05) is 22.8 Å². The number of anilines is 1. The van der Waals surface area contributed by atoms with Gasteiger partial charge in [-0.05, 0) is 6.92 Å². The molecule has 0 radical (unpaired) electrons. The second kappa shape index (κ2) is 4.54. The first-order valence-corrected chi connectivity index (χ1v) is 5.74. The molecule has 2 aromatic heterocycles. The summed E-state index contributed by atoms with van der Waals surface area (Å²) in [6.07, 6.45) is 1.64. The maximum absolute atomic E-state index is 11.8. The molecule has 0 atom stereocenters. The third kappa shape index (κ3) is 2.44. The quantitative estimate of drug-likeness (QED) is 0.867. The Bertz CT molecular complexity index is 590. The van der Waals surface area contributed by atoms with Crippen molar-refractivity contribution in [3.63, 3.8) is 0 Å². The zero-order valence-electron chi connectivity index (χ0n) is 9.51. The van der Waals surface area contributed by atoms with Gasteiger partial charge in [0.15, 0.2) is 5.13 Å². The van der Waals surface area contributed by atoms with Crippen molar-refractivity contribution in [2.75, 3.05) is 12.8 Å². The normalized spacial score (nSPS) is 10.5. The predicted molar refractivity (Wildman–Crippen MR) is 65.4 cm³/mol. The van der Waals surface area contributed by atoms with E-state index in [2.05, 4.69) is 9.97 Å². The Balaban J connectivity index is 2.41. The smallest absolute Gasteiger partial charge is 0.299 e. The first-order valence-electron chi connectivity index (χ1n) is 4.93. The summed E-state index contributed by atoms with van der Waals surface area (Å²) >= 11 is 1.34. The van der Waals surface area contributed by atoms with E-state index in [4.69, 9.17) is 10.5 Å². The maximum atomic E-state index is 11.8. The number of nitrogen functional groups attached to an aromatic ring is 1. The van der Waals surface area contributed by atoms with Gasteiger partial charge in [0.05, 0.1) is 13.7 Å². The molecule has 2 aromatic rings. The minimum absolute atomic E-state index is 0.152. The molecule has 0 spiro atoms.